The van der Waals surface area contributed by atoms with Gasteiger partial charge >= 0.3 is 21.5 Å². The Kier molecular flexibility index (Phi) is 4.31. The van der Waals surface area contributed by atoms with E-state index in [4.69, 9.17) is 0 Å². The van der Waals surface area contributed by atoms with Crippen LogP contribution in [0.15, 0.2) is 0 Å². The largest absolute Gasteiger partial charge is 0.511 e. The fourth-order valence-corrected chi connectivity index (χ4v) is 1.24. The molecule has 10 heteroatoms. The second kappa shape index (κ2) is 4.55. The van der Waals surface area contributed by atoms with Crippen molar-refractivity contribution in [2.45, 2.75) is 18.0 Å². The lowest BCUT2D eigenvalue weighted by molar-refractivity contribution is -0.159. The maximum atomic E-state index is 11.8. The molecule has 0 aliphatic rings. The Balaban J connectivity index is 4.65. The van der Waals surface area contributed by atoms with Crippen molar-refractivity contribution in [3.05, 3.63) is 0 Å². The maximum Gasteiger partial charge on any atom is 0.511 e. The zero-order valence-corrected chi connectivity index (χ0v) is 9.15. The second-order valence-corrected chi connectivity index (χ2v) is 4.79. The Morgan fingerprint density at radius 2 is 1.88 bits per heavy atom. The topological polar surface area (TPSA) is 92.7 Å². The highest BCUT2D eigenvalue weighted by Crippen LogP contribution is 2.21. The van der Waals surface area contributed by atoms with Crippen LogP contribution >= 0.6 is 0 Å². The molecule has 0 rings (SSSR count). The van der Waals surface area contributed by atoms with E-state index < -0.39 is 33.6 Å². The molecule has 0 aliphatic heterocycles. The lowest BCUT2D eigenvalue weighted by atomic mass is 10.1. The average molecular weight is 265 g/mol. The van der Waals surface area contributed by atoms with Crippen LogP contribution < -0.4 is 4.72 Å². The molecule has 0 saturated carbocycles. The third-order valence-corrected chi connectivity index (χ3v) is 2.67. The highest BCUT2D eigenvalue weighted by Gasteiger charge is 2.47. The number of carbonyl (C=O) groups excluding carboxylic acids is 1. The Bertz CT molecular complexity index is 361. The van der Waals surface area contributed by atoms with E-state index in [9.17, 15) is 31.5 Å². The standard InChI is InChI=1S/C6H10F3NO5S/c1-5(12,4(11)15-2)3-10-16(13,14)6(7,8)9/h10,12H,3H2,1-2H3. The van der Waals surface area contributed by atoms with Crippen LogP contribution in [-0.4, -0.2) is 44.3 Å². The SMILES string of the molecule is COC(=O)C(C)(O)CNS(=O)(=O)C(F)(F)F. The average Bonchev–Trinajstić information content (AvgIpc) is 2.12. The second-order valence-electron chi connectivity index (χ2n) is 3.04. The van der Waals surface area contributed by atoms with Gasteiger partial charge in [0.15, 0.2) is 5.60 Å². The van der Waals surface area contributed by atoms with Crippen LogP contribution in [-0.2, 0) is 19.6 Å². The van der Waals surface area contributed by atoms with E-state index in [2.05, 4.69) is 4.74 Å². The van der Waals surface area contributed by atoms with Gasteiger partial charge in [-0.2, -0.15) is 13.2 Å². The van der Waals surface area contributed by atoms with Crippen LogP contribution in [0.2, 0.25) is 0 Å². The first kappa shape index (κ1) is 15.1. The third-order valence-electron chi connectivity index (χ3n) is 1.54. The van der Waals surface area contributed by atoms with Gasteiger partial charge in [-0.1, -0.05) is 0 Å². The van der Waals surface area contributed by atoms with E-state index in [-0.39, 0.29) is 0 Å². The van der Waals surface area contributed by atoms with Crippen molar-refractivity contribution in [1.29, 1.82) is 0 Å². The Morgan fingerprint density at radius 1 is 1.44 bits per heavy atom. The summed E-state index contributed by atoms with van der Waals surface area (Å²) in [5, 5.41) is 9.24. The Morgan fingerprint density at radius 3 is 2.19 bits per heavy atom. The van der Waals surface area contributed by atoms with E-state index >= 15 is 0 Å². The van der Waals surface area contributed by atoms with Crippen LogP contribution in [0.25, 0.3) is 0 Å². The minimum absolute atomic E-state index is 0.817. The van der Waals surface area contributed by atoms with Gasteiger partial charge in [0.1, 0.15) is 0 Å². The summed E-state index contributed by atoms with van der Waals surface area (Å²) in [7, 11) is -4.69. The molecule has 0 amide bonds. The number of sulfonamides is 1. The maximum absolute atomic E-state index is 11.8. The molecule has 0 bridgehead atoms. The summed E-state index contributed by atoms with van der Waals surface area (Å²) in [6.45, 7) is -0.320. The number of ether oxygens (including phenoxy) is 1. The molecule has 96 valence electrons. The number of rotatable bonds is 4. The van der Waals surface area contributed by atoms with Crippen LogP contribution in [0.5, 0.6) is 0 Å². The lowest BCUT2D eigenvalue weighted by Crippen LogP contribution is -2.49. The molecule has 0 radical (unpaired) electrons. The zero-order chi connectivity index (χ0) is 13.2. The molecule has 0 aromatic carbocycles. The van der Waals surface area contributed by atoms with E-state index in [1.54, 1.807) is 0 Å². The minimum Gasteiger partial charge on any atom is -0.467 e. The van der Waals surface area contributed by atoms with Crippen LogP contribution in [0.4, 0.5) is 13.2 Å². The van der Waals surface area contributed by atoms with Crippen molar-refractivity contribution >= 4 is 16.0 Å². The summed E-state index contributed by atoms with van der Waals surface area (Å²) >= 11 is 0. The van der Waals surface area contributed by atoms with Crippen molar-refractivity contribution < 1.29 is 36.2 Å². The summed E-state index contributed by atoms with van der Waals surface area (Å²) in [6.07, 6.45) is 0. The van der Waals surface area contributed by atoms with Gasteiger partial charge in [0.25, 0.3) is 0 Å². The fraction of sp³-hybridized carbons (Fsp3) is 0.833. The molecule has 16 heavy (non-hydrogen) atoms. The van der Waals surface area contributed by atoms with Crippen LogP contribution in [0.3, 0.4) is 0 Å². The minimum atomic E-state index is -5.59. The zero-order valence-electron chi connectivity index (χ0n) is 8.33. The van der Waals surface area contributed by atoms with Crippen molar-refractivity contribution in [1.82, 2.24) is 4.72 Å². The van der Waals surface area contributed by atoms with Crippen molar-refractivity contribution in [3.63, 3.8) is 0 Å². The Labute approximate surface area is 89.4 Å². The van der Waals surface area contributed by atoms with Crippen molar-refractivity contribution in [3.8, 4) is 0 Å². The molecule has 0 saturated heterocycles. The van der Waals surface area contributed by atoms with Gasteiger partial charge in [-0.3, -0.25) is 0 Å². The molecule has 0 aliphatic carbocycles. The number of methoxy groups -OCH3 is 1. The predicted molar refractivity (Wildman–Crippen MR) is 45.6 cm³/mol. The van der Waals surface area contributed by atoms with Crippen LogP contribution in [0.1, 0.15) is 6.92 Å². The first-order valence-corrected chi connectivity index (χ1v) is 5.29. The molecule has 0 aromatic rings. The molecular weight excluding hydrogens is 255 g/mol. The van der Waals surface area contributed by atoms with Gasteiger partial charge in [0.2, 0.25) is 0 Å². The number of hydrogen-bond donors (Lipinski definition) is 2. The first-order chi connectivity index (χ1) is 6.94. The molecule has 2 N–H and O–H groups in total. The lowest BCUT2D eigenvalue weighted by Gasteiger charge is -2.20. The number of esters is 1. The van der Waals surface area contributed by atoms with Gasteiger partial charge in [0, 0.05) is 0 Å². The van der Waals surface area contributed by atoms with Gasteiger partial charge in [-0.05, 0) is 6.92 Å². The summed E-state index contributed by atoms with van der Waals surface area (Å²) in [5.41, 5.74) is -7.87. The van der Waals surface area contributed by atoms with Crippen molar-refractivity contribution in [2.24, 2.45) is 0 Å². The summed E-state index contributed by atoms with van der Waals surface area (Å²) in [5.74, 6) is -1.25. The number of carbonyl (C=O) groups is 1. The van der Waals surface area contributed by atoms with Gasteiger partial charge in [-0.25, -0.2) is 17.9 Å². The number of aliphatic hydroxyl groups is 1. The van der Waals surface area contributed by atoms with E-state index in [0.717, 1.165) is 18.8 Å². The molecule has 0 aromatic heterocycles. The molecule has 0 heterocycles. The fourth-order valence-electron chi connectivity index (χ4n) is 0.609. The third kappa shape index (κ3) is 3.61. The quantitative estimate of drug-likeness (QED) is 0.659. The summed E-state index contributed by atoms with van der Waals surface area (Å²) in [4.78, 5) is 10.8. The normalized spacial score (nSPS) is 16.6. The number of alkyl halides is 3. The Hall–Kier alpha value is -0.870. The summed E-state index contributed by atoms with van der Waals surface area (Å²) in [6, 6.07) is 0. The summed E-state index contributed by atoms with van der Waals surface area (Å²) < 4.78 is 61.7. The highest BCUT2D eigenvalue weighted by molar-refractivity contribution is 7.90. The van der Waals surface area contributed by atoms with Gasteiger partial charge < -0.3 is 9.84 Å². The van der Waals surface area contributed by atoms with Crippen molar-refractivity contribution in [2.75, 3.05) is 13.7 Å². The van der Waals surface area contributed by atoms with Gasteiger partial charge in [0.05, 0.1) is 13.7 Å². The molecule has 6 nitrogen and oxygen atoms in total. The monoisotopic (exact) mass is 265 g/mol. The molecular formula is C6H10F3NO5S. The molecule has 0 fully saturated rings. The number of nitrogens with one attached hydrogen (secondary N) is 1. The first-order valence-electron chi connectivity index (χ1n) is 3.81. The van der Waals surface area contributed by atoms with E-state index in [1.165, 1.54) is 0 Å². The predicted octanol–water partition coefficient (Wildman–Crippen LogP) is -0.650. The van der Waals surface area contributed by atoms with E-state index in [0.29, 0.717) is 0 Å². The van der Waals surface area contributed by atoms with E-state index in [1.807, 2.05) is 0 Å². The molecule has 1 unspecified atom stereocenters. The number of halogens is 3. The number of hydrogen-bond acceptors (Lipinski definition) is 5. The highest BCUT2D eigenvalue weighted by atomic mass is 32.2. The smallest absolute Gasteiger partial charge is 0.467 e. The molecule has 0 spiro atoms. The van der Waals surface area contributed by atoms with Crippen LogP contribution in [0, 0.1) is 0 Å². The van der Waals surface area contributed by atoms with Gasteiger partial charge in [-0.15, -0.1) is 0 Å². The molecule has 1 atom stereocenters.